The number of phosphoric ester groups is 2. The van der Waals surface area contributed by atoms with Gasteiger partial charge >= 0.3 is 39.5 Å². The third kappa shape index (κ3) is 68.6. The molecule has 0 aromatic heterocycles. The van der Waals surface area contributed by atoms with Gasteiger partial charge in [0, 0.05) is 25.7 Å². The Balaban J connectivity index is 5.18. The SMILES string of the molecule is CCCCCCCCCCCCCCCCCCCCCCC(=O)O[C@H](COC(=O)CCCCCCCCCCCCCCCCCC)COP(=O)(O)OC[C@@H](O)COP(=O)(O)OC[C@@H](COC(=O)CCCCCCCCCCC)OC(=O)CCCCCCCCC(C)C. The standard InChI is InChI=1S/C75H146O17P2/c1-6-9-12-15-18-21-23-25-27-29-30-31-32-34-36-38-41-44-50-55-60-74(79)91-70(64-86-73(78)59-54-49-43-40-37-35-33-28-26-24-22-19-16-13-10-7-2)66-89-93(81,82)87-62-69(76)63-88-94(83,84)90-67-71(92-75(80)61-56-51-46-45-47-52-57-68(4)5)65-85-72(77)58-53-48-42-39-20-17-14-11-8-3/h68-71,76H,6-67H2,1-5H3,(H,81,82)(H,83,84)/t69-,70-,71-/m1/s1. The summed E-state index contributed by atoms with van der Waals surface area (Å²) in [4.78, 5) is 72.6. The van der Waals surface area contributed by atoms with E-state index in [4.69, 9.17) is 37.0 Å². The second kappa shape index (κ2) is 68.2. The van der Waals surface area contributed by atoms with Crippen LogP contribution in [0.2, 0.25) is 0 Å². The lowest BCUT2D eigenvalue weighted by Gasteiger charge is -2.21. The Morgan fingerprint density at radius 3 is 0.723 bits per heavy atom. The monoisotopic (exact) mass is 1380 g/mol. The summed E-state index contributed by atoms with van der Waals surface area (Å²) in [5.74, 6) is -1.45. The second-order valence-corrected chi connectivity index (χ2v) is 30.4. The molecule has 0 aliphatic carbocycles. The summed E-state index contributed by atoms with van der Waals surface area (Å²) in [6, 6.07) is 0. The number of hydrogen-bond acceptors (Lipinski definition) is 15. The van der Waals surface area contributed by atoms with Gasteiger partial charge < -0.3 is 33.8 Å². The highest BCUT2D eigenvalue weighted by Gasteiger charge is 2.30. The van der Waals surface area contributed by atoms with Gasteiger partial charge in [-0.15, -0.1) is 0 Å². The predicted octanol–water partition coefficient (Wildman–Crippen LogP) is 22.1. The van der Waals surface area contributed by atoms with E-state index >= 15 is 0 Å². The van der Waals surface area contributed by atoms with Crippen molar-refractivity contribution < 1.29 is 80.2 Å². The van der Waals surface area contributed by atoms with Gasteiger partial charge in [0.1, 0.15) is 19.3 Å². The first-order valence-electron chi connectivity index (χ1n) is 39.1. The van der Waals surface area contributed by atoms with Gasteiger partial charge in [-0.05, 0) is 31.6 Å². The van der Waals surface area contributed by atoms with Crippen LogP contribution in [0, 0.1) is 5.92 Å². The second-order valence-electron chi connectivity index (χ2n) is 27.5. The van der Waals surface area contributed by atoms with Crippen LogP contribution < -0.4 is 0 Å². The van der Waals surface area contributed by atoms with Gasteiger partial charge in [0.15, 0.2) is 12.2 Å². The molecule has 0 aromatic rings. The van der Waals surface area contributed by atoms with Crippen LogP contribution in [0.1, 0.15) is 394 Å². The van der Waals surface area contributed by atoms with Crippen LogP contribution in [0.5, 0.6) is 0 Å². The maximum Gasteiger partial charge on any atom is 0.472 e. The van der Waals surface area contributed by atoms with Crippen molar-refractivity contribution in [1.29, 1.82) is 0 Å². The Hall–Kier alpha value is -1.94. The van der Waals surface area contributed by atoms with Gasteiger partial charge in [-0.3, -0.25) is 37.3 Å². The van der Waals surface area contributed by atoms with Gasteiger partial charge in [0.05, 0.1) is 26.4 Å². The topological polar surface area (TPSA) is 237 Å². The predicted molar refractivity (Wildman–Crippen MR) is 382 cm³/mol. The summed E-state index contributed by atoms with van der Waals surface area (Å²) >= 11 is 0. The van der Waals surface area contributed by atoms with Crippen molar-refractivity contribution in [3.05, 3.63) is 0 Å². The minimum absolute atomic E-state index is 0.103. The Morgan fingerprint density at radius 1 is 0.287 bits per heavy atom. The van der Waals surface area contributed by atoms with Crippen molar-refractivity contribution >= 4 is 39.5 Å². The van der Waals surface area contributed by atoms with Crippen LogP contribution in [0.15, 0.2) is 0 Å². The lowest BCUT2D eigenvalue weighted by atomic mass is 10.0. The third-order valence-corrected chi connectivity index (χ3v) is 19.4. The quantitative estimate of drug-likeness (QED) is 0.0222. The summed E-state index contributed by atoms with van der Waals surface area (Å²) in [6.45, 7) is 7.17. The Morgan fingerprint density at radius 2 is 0.489 bits per heavy atom. The van der Waals surface area contributed by atoms with Crippen LogP contribution in [0.4, 0.5) is 0 Å². The highest BCUT2D eigenvalue weighted by atomic mass is 31.2. The van der Waals surface area contributed by atoms with E-state index in [9.17, 15) is 43.2 Å². The molecule has 2 unspecified atom stereocenters. The molecule has 3 N–H and O–H groups in total. The molecule has 0 fully saturated rings. The molecule has 0 rings (SSSR count). The fraction of sp³-hybridized carbons (Fsp3) is 0.947. The zero-order valence-corrected chi connectivity index (χ0v) is 62.9. The summed E-state index contributed by atoms with van der Waals surface area (Å²) < 4.78 is 68.4. The molecular formula is C75H146O17P2. The van der Waals surface area contributed by atoms with Crippen molar-refractivity contribution in [2.24, 2.45) is 5.92 Å². The van der Waals surface area contributed by atoms with Crippen molar-refractivity contribution in [1.82, 2.24) is 0 Å². The normalized spacial score (nSPS) is 14.0. The molecule has 0 aromatic carbocycles. The van der Waals surface area contributed by atoms with Crippen molar-refractivity contribution in [2.75, 3.05) is 39.6 Å². The smallest absolute Gasteiger partial charge is 0.462 e. The number of carbonyl (C=O) groups excluding carboxylic acids is 4. The zero-order valence-electron chi connectivity index (χ0n) is 61.1. The van der Waals surface area contributed by atoms with Crippen molar-refractivity contribution in [3.8, 4) is 0 Å². The van der Waals surface area contributed by atoms with E-state index in [0.717, 1.165) is 89.9 Å². The van der Waals surface area contributed by atoms with E-state index in [-0.39, 0.29) is 25.7 Å². The minimum Gasteiger partial charge on any atom is -0.462 e. The molecule has 0 saturated heterocycles. The number of phosphoric acid groups is 2. The highest BCUT2D eigenvalue weighted by molar-refractivity contribution is 7.47. The summed E-state index contributed by atoms with van der Waals surface area (Å²) in [5, 5.41) is 10.6. The fourth-order valence-electron chi connectivity index (χ4n) is 11.5. The molecule has 558 valence electrons. The number of aliphatic hydroxyl groups excluding tert-OH is 1. The van der Waals surface area contributed by atoms with E-state index in [1.807, 2.05) is 0 Å². The molecule has 0 radical (unpaired) electrons. The molecule has 19 heteroatoms. The Labute approximate surface area is 575 Å². The lowest BCUT2D eigenvalue weighted by Crippen LogP contribution is -2.30. The molecule has 0 heterocycles. The van der Waals surface area contributed by atoms with Crippen LogP contribution >= 0.6 is 15.6 Å². The maximum absolute atomic E-state index is 13.1. The van der Waals surface area contributed by atoms with Gasteiger partial charge in [-0.1, -0.05) is 343 Å². The molecular weight excluding hydrogens is 1230 g/mol. The van der Waals surface area contributed by atoms with E-state index < -0.39 is 97.5 Å². The number of esters is 4. The average molecular weight is 1380 g/mol. The van der Waals surface area contributed by atoms with E-state index in [2.05, 4.69) is 34.6 Å². The molecule has 17 nitrogen and oxygen atoms in total. The van der Waals surface area contributed by atoms with Gasteiger partial charge in [-0.25, -0.2) is 9.13 Å². The van der Waals surface area contributed by atoms with Gasteiger partial charge in [0.2, 0.25) is 0 Å². The highest BCUT2D eigenvalue weighted by Crippen LogP contribution is 2.45. The molecule has 0 spiro atoms. The van der Waals surface area contributed by atoms with Gasteiger partial charge in [-0.2, -0.15) is 0 Å². The van der Waals surface area contributed by atoms with Gasteiger partial charge in [0.25, 0.3) is 0 Å². The number of hydrogen-bond donors (Lipinski definition) is 3. The largest absolute Gasteiger partial charge is 0.472 e. The lowest BCUT2D eigenvalue weighted by molar-refractivity contribution is -0.161. The zero-order chi connectivity index (χ0) is 69.1. The molecule has 5 atom stereocenters. The first-order valence-corrected chi connectivity index (χ1v) is 42.1. The number of unbranched alkanes of at least 4 members (excludes halogenated alkanes) is 47. The fourth-order valence-corrected chi connectivity index (χ4v) is 13.1. The third-order valence-electron chi connectivity index (χ3n) is 17.5. The van der Waals surface area contributed by atoms with E-state index in [1.54, 1.807) is 0 Å². The maximum atomic E-state index is 13.1. The van der Waals surface area contributed by atoms with Crippen LogP contribution in [0.3, 0.4) is 0 Å². The first kappa shape index (κ1) is 92.1. The van der Waals surface area contributed by atoms with E-state index in [1.165, 1.54) is 218 Å². The Kier molecular flexibility index (Phi) is 66.8. The summed E-state index contributed by atoms with van der Waals surface area (Å²) in [5.41, 5.74) is 0. The van der Waals surface area contributed by atoms with Crippen molar-refractivity contribution in [3.63, 3.8) is 0 Å². The van der Waals surface area contributed by atoms with E-state index in [0.29, 0.717) is 31.6 Å². The average Bonchev–Trinajstić information content (AvgIpc) is 1.31. The number of aliphatic hydroxyl groups is 1. The molecule has 0 aliphatic rings. The molecule has 94 heavy (non-hydrogen) atoms. The number of rotatable bonds is 75. The summed E-state index contributed by atoms with van der Waals surface area (Å²) in [7, 11) is -9.90. The molecule has 0 bridgehead atoms. The van der Waals surface area contributed by atoms with Crippen LogP contribution in [-0.2, 0) is 65.4 Å². The number of ether oxygens (including phenoxy) is 4. The van der Waals surface area contributed by atoms with Crippen LogP contribution in [0.25, 0.3) is 0 Å². The molecule has 0 saturated carbocycles. The Bertz CT molecular complexity index is 1810. The molecule has 0 aliphatic heterocycles. The first-order chi connectivity index (χ1) is 45.5. The molecule has 0 amide bonds. The van der Waals surface area contributed by atoms with Crippen LogP contribution in [-0.4, -0.2) is 96.7 Å². The minimum atomic E-state index is -4.96. The summed E-state index contributed by atoms with van der Waals surface area (Å²) in [6.07, 6.45) is 57.2. The van der Waals surface area contributed by atoms with Crippen molar-refractivity contribution in [2.45, 2.75) is 412 Å². The number of carbonyl (C=O) groups is 4.